The lowest BCUT2D eigenvalue weighted by molar-refractivity contribution is -0.118. The van der Waals surface area contributed by atoms with Crippen LogP contribution in [0.4, 0.5) is 0 Å². The van der Waals surface area contributed by atoms with Gasteiger partial charge in [-0.25, -0.2) is 0 Å². The number of para-hydroxylation sites is 1. The average Bonchev–Trinajstić information content (AvgIpc) is 2.92. The van der Waals surface area contributed by atoms with Crippen molar-refractivity contribution in [3.8, 4) is 17.2 Å². The molecule has 21 heavy (non-hydrogen) atoms. The molecule has 1 aromatic heterocycles. The number of hydrogen-bond donors (Lipinski definition) is 1. The molecule has 0 aliphatic heterocycles. The molecule has 2 aromatic rings. The van der Waals surface area contributed by atoms with Gasteiger partial charge in [-0.05, 0) is 18.1 Å². The molecule has 0 bridgehead atoms. The van der Waals surface area contributed by atoms with Gasteiger partial charge < -0.3 is 14.9 Å². The van der Waals surface area contributed by atoms with Gasteiger partial charge in [-0.15, -0.1) is 10.2 Å². The quantitative estimate of drug-likeness (QED) is 0.824. The Morgan fingerprint density at radius 1 is 1.33 bits per heavy atom. The van der Waals surface area contributed by atoms with Crippen LogP contribution in [-0.4, -0.2) is 28.5 Å². The summed E-state index contributed by atoms with van der Waals surface area (Å²) < 4.78 is 10.9. The third-order valence-corrected chi connectivity index (χ3v) is 4.25. The molecule has 1 atom stereocenters. The van der Waals surface area contributed by atoms with Crippen molar-refractivity contribution >= 4 is 17.7 Å². The summed E-state index contributed by atoms with van der Waals surface area (Å²) in [5.41, 5.74) is 6.09. The molecule has 1 heterocycles. The molecule has 112 valence electrons. The number of methoxy groups -OCH3 is 1. The highest BCUT2D eigenvalue weighted by atomic mass is 32.2. The number of amides is 1. The molecule has 1 aromatic carbocycles. The maximum Gasteiger partial charge on any atom is 0.277 e. The maximum atomic E-state index is 11.4. The van der Waals surface area contributed by atoms with E-state index in [1.807, 2.05) is 38.1 Å². The highest BCUT2D eigenvalue weighted by Crippen LogP contribution is 2.32. The van der Waals surface area contributed by atoms with Crippen LogP contribution in [0.25, 0.3) is 11.5 Å². The van der Waals surface area contributed by atoms with E-state index >= 15 is 0 Å². The van der Waals surface area contributed by atoms with Crippen LogP contribution in [0.3, 0.4) is 0 Å². The van der Waals surface area contributed by atoms with E-state index in [1.54, 1.807) is 7.11 Å². The molecule has 2 rings (SSSR count). The SMILES string of the molecule is COc1ccccc1-c1nnc(SC(C(N)=O)C(C)C)o1. The first-order valence-corrected chi connectivity index (χ1v) is 7.33. The number of aromatic nitrogens is 2. The predicted molar refractivity (Wildman–Crippen MR) is 80.0 cm³/mol. The summed E-state index contributed by atoms with van der Waals surface area (Å²) in [7, 11) is 1.58. The van der Waals surface area contributed by atoms with Crippen molar-refractivity contribution in [1.29, 1.82) is 0 Å². The standard InChI is InChI=1S/C14H17N3O3S/c1-8(2)11(12(15)18)21-14-17-16-13(20-14)9-6-4-5-7-10(9)19-3/h4-8,11H,1-3H3,(H2,15,18). The van der Waals surface area contributed by atoms with Crippen LogP contribution < -0.4 is 10.5 Å². The maximum absolute atomic E-state index is 11.4. The lowest BCUT2D eigenvalue weighted by atomic mass is 10.1. The molecule has 1 unspecified atom stereocenters. The molecule has 2 N–H and O–H groups in total. The molecule has 0 spiro atoms. The minimum absolute atomic E-state index is 0.0779. The number of rotatable bonds is 6. The van der Waals surface area contributed by atoms with Gasteiger partial charge >= 0.3 is 0 Å². The van der Waals surface area contributed by atoms with Crippen molar-refractivity contribution in [2.75, 3.05) is 7.11 Å². The van der Waals surface area contributed by atoms with Gasteiger partial charge in [0, 0.05) is 0 Å². The Morgan fingerprint density at radius 2 is 2.05 bits per heavy atom. The zero-order valence-corrected chi connectivity index (χ0v) is 12.9. The number of benzene rings is 1. The van der Waals surface area contributed by atoms with Crippen molar-refractivity contribution in [1.82, 2.24) is 10.2 Å². The van der Waals surface area contributed by atoms with Crippen LogP contribution in [0, 0.1) is 5.92 Å². The van der Waals surface area contributed by atoms with E-state index in [9.17, 15) is 4.79 Å². The number of carbonyl (C=O) groups excluding carboxylic acids is 1. The summed E-state index contributed by atoms with van der Waals surface area (Å²) in [6, 6.07) is 7.35. The van der Waals surface area contributed by atoms with Gasteiger partial charge in [-0.3, -0.25) is 4.79 Å². The van der Waals surface area contributed by atoms with E-state index in [0.717, 1.165) is 0 Å². The summed E-state index contributed by atoms with van der Waals surface area (Å²) in [4.78, 5) is 11.4. The largest absolute Gasteiger partial charge is 0.496 e. The predicted octanol–water partition coefficient (Wildman–Crippen LogP) is 2.35. The number of primary amides is 1. The Bertz CT molecular complexity index is 627. The molecule has 0 radical (unpaired) electrons. The van der Waals surface area contributed by atoms with Crippen LogP contribution in [0.1, 0.15) is 13.8 Å². The van der Waals surface area contributed by atoms with E-state index in [1.165, 1.54) is 11.8 Å². The molecule has 6 nitrogen and oxygen atoms in total. The van der Waals surface area contributed by atoms with Gasteiger partial charge in [-0.2, -0.15) is 0 Å². The van der Waals surface area contributed by atoms with Crippen LogP contribution in [-0.2, 0) is 4.79 Å². The molecule has 0 saturated carbocycles. The Morgan fingerprint density at radius 3 is 2.67 bits per heavy atom. The van der Waals surface area contributed by atoms with Gasteiger partial charge in [0.15, 0.2) is 0 Å². The highest BCUT2D eigenvalue weighted by Gasteiger charge is 2.24. The fourth-order valence-electron chi connectivity index (χ4n) is 1.82. The molecule has 7 heteroatoms. The second-order valence-electron chi connectivity index (χ2n) is 4.76. The first-order valence-electron chi connectivity index (χ1n) is 6.45. The highest BCUT2D eigenvalue weighted by molar-refractivity contribution is 8.00. The Labute approximate surface area is 127 Å². The van der Waals surface area contributed by atoms with Crippen LogP contribution in [0.5, 0.6) is 5.75 Å². The summed E-state index contributed by atoms with van der Waals surface area (Å²) in [5, 5.41) is 7.86. The normalized spacial score (nSPS) is 12.4. The lowest BCUT2D eigenvalue weighted by Crippen LogP contribution is -2.30. The van der Waals surface area contributed by atoms with E-state index < -0.39 is 11.2 Å². The molecule has 1 amide bonds. The van der Waals surface area contributed by atoms with Gasteiger partial charge in [-0.1, -0.05) is 37.7 Å². The van der Waals surface area contributed by atoms with Crippen LogP contribution in [0.15, 0.2) is 33.9 Å². The molecule has 0 aliphatic rings. The van der Waals surface area contributed by atoms with E-state index in [0.29, 0.717) is 22.4 Å². The van der Waals surface area contributed by atoms with E-state index in [-0.39, 0.29) is 5.92 Å². The number of nitrogens with zero attached hydrogens (tertiary/aromatic N) is 2. The monoisotopic (exact) mass is 307 g/mol. The fraction of sp³-hybridized carbons (Fsp3) is 0.357. The molecule has 0 fully saturated rings. The summed E-state index contributed by atoms with van der Waals surface area (Å²) in [5.74, 6) is 0.677. The van der Waals surface area contributed by atoms with Crippen LogP contribution in [0.2, 0.25) is 0 Å². The Balaban J connectivity index is 2.24. The van der Waals surface area contributed by atoms with Crippen molar-refractivity contribution in [2.24, 2.45) is 11.7 Å². The Kier molecular flexibility index (Phi) is 4.85. The van der Waals surface area contributed by atoms with Gasteiger partial charge in [0.25, 0.3) is 11.1 Å². The summed E-state index contributed by atoms with van der Waals surface area (Å²) in [6.07, 6.45) is 0. The topological polar surface area (TPSA) is 91.2 Å². The van der Waals surface area contributed by atoms with Crippen molar-refractivity contribution in [3.63, 3.8) is 0 Å². The number of ether oxygens (including phenoxy) is 1. The lowest BCUT2D eigenvalue weighted by Gasteiger charge is -2.13. The van der Waals surface area contributed by atoms with Crippen molar-refractivity contribution < 1.29 is 13.9 Å². The van der Waals surface area contributed by atoms with Gasteiger partial charge in [0.2, 0.25) is 5.91 Å². The van der Waals surface area contributed by atoms with Gasteiger partial charge in [0.1, 0.15) is 5.75 Å². The van der Waals surface area contributed by atoms with Crippen molar-refractivity contribution in [3.05, 3.63) is 24.3 Å². The first kappa shape index (κ1) is 15.4. The zero-order valence-electron chi connectivity index (χ0n) is 12.1. The Hall–Kier alpha value is -2.02. The summed E-state index contributed by atoms with van der Waals surface area (Å²) in [6.45, 7) is 3.83. The minimum atomic E-state index is -0.407. The second kappa shape index (κ2) is 6.62. The molecule has 0 aliphatic carbocycles. The van der Waals surface area contributed by atoms with E-state index in [2.05, 4.69) is 10.2 Å². The number of hydrogen-bond acceptors (Lipinski definition) is 6. The molecular weight excluding hydrogens is 290 g/mol. The zero-order chi connectivity index (χ0) is 15.4. The van der Waals surface area contributed by atoms with Crippen molar-refractivity contribution in [2.45, 2.75) is 24.3 Å². The van der Waals surface area contributed by atoms with Gasteiger partial charge in [0.05, 0.1) is 17.9 Å². The fourth-order valence-corrected chi connectivity index (χ4v) is 2.64. The minimum Gasteiger partial charge on any atom is -0.496 e. The third kappa shape index (κ3) is 3.55. The summed E-state index contributed by atoms with van der Waals surface area (Å²) >= 11 is 1.18. The number of carbonyl (C=O) groups is 1. The third-order valence-electron chi connectivity index (χ3n) is 2.86. The van der Waals surface area contributed by atoms with E-state index in [4.69, 9.17) is 14.9 Å². The smallest absolute Gasteiger partial charge is 0.277 e. The van der Waals surface area contributed by atoms with Crippen LogP contribution >= 0.6 is 11.8 Å². The average molecular weight is 307 g/mol. The molecule has 0 saturated heterocycles. The number of nitrogens with two attached hydrogens (primary N) is 1. The first-order chi connectivity index (χ1) is 10.0. The number of thioether (sulfide) groups is 1. The molecular formula is C14H17N3O3S. The second-order valence-corrected chi connectivity index (χ2v) is 5.85.